The molecule has 1 aromatic carbocycles. The van der Waals surface area contributed by atoms with Gasteiger partial charge in [0.15, 0.2) is 0 Å². The molecule has 18 heavy (non-hydrogen) atoms. The molecule has 1 aromatic rings. The number of thioether (sulfide) groups is 1. The van der Waals surface area contributed by atoms with Crippen LogP contribution in [-0.4, -0.2) is 34.4 Å². The number of benzene rings is 1. The fraction of sp³-hybridized carbons (Fsp3) is 0.333. The Morgan fingerprint density at radius 3 is 2.89 bits per heavy atom. The van der Waals surface area contributed by atoms with Gasteiger partial charge in [0.25, 0.3) is 0 Å². The van der Waals surface area contributed by atoms with E-state index >= 15 is 0 Å². The number of aliphatic carboxylic acids is 1. The van der Waals surface area contributed by atoms with Gasteiger partial charge < -0.3 is 15.5 Å². The van der Waals surface area contributed by atoms with Crippen molar-refractivity contribution in [1.82, 2.24) is 5.32 Å². The van der Waals surface area contributed by atoms with Crippen molar-refractivity contribution in [3.05, 3.63) is 29.8 Å². The third-order valence-electron chi connectivity index (χ3n) is 2.30. The monoisotopic (exact) mass is 269 g/mol. The first-order valence-corrected chi connectivity index (χ1v) is 6.57. The Morgan fingerprint density at radius 2 is 2.28 bits per heavy atom. The van der Waals surface area contributed by atoms with E-state index in [1.54, 1.807) is 30.0 Å². The maximum atomic E-state index is 10.7. The van der Waals surface area contributed by atoms with Crippen LogP contribution < -0.4 is 5.32 Å². The molecule has 0 heterocycles. The molecule has 0 aliphatic heterocycles. The molecule has 0 radical (unpaired) electrons. The van der Waals surface area contributed by atoms with Crippen LogP contribution in [0, 0.1) is 0 Å². The molecule has 98 valence electrons. The molecule has 1 rings (SSSR count). The summed E-state index contributed by atoms with van der Waals surface area (Å²) in [5.41, 5.74) is 0.982. The number of carboxylic acids is 1. The lowest BCUT2D eigenvalue weighted by Gasteiger charge is -2.10. The molecule has 0 bridgehead atoms. The van der Waals surface area contributed by atoms with E-state index < -0.39 is 12.0 Å². The number of amides is 1. The standard InChI is InChI=1S/C12H15NO4S/c14-8-13-11(12(16)17)4-5-18-7-9-2-1-3-10(15)6-9/h1-3,6,8,11,15H,4-5,7H2,(H,13,14)(H,16,17). The highest BCUT2D eigenvalue weighted by Gasteiger charge is 2.15. The molecule has 6 heteroatoms. The van der Waals surface area contributed by atoms with Gasteiger partial charge in [-0.05, 0) is 29.9 Å². The fourth-order valence-corrected chi connectivity index (χ4v) is 2.36. The van der Waals surface area contributed by atoms with Gasteiger partial charge >= 0.3 is 5.97 Å². The van der Waals surface area contributed by atoms with Gasteiger partial charge in [-0.3, -0.25) is 4.79 Å². The predicted molar refractivity (Wildman–Crippen MR) is 69.5 cm³/mol. The summed E-state index contributed by atoms with van der Waals surface area (Å²) in [6, 6.07) is 6.09. The van der Waals surface area contributed by atoms with Crippen molar-refractivity contribution in [1.29, 1.82) is 0 Å². The van der Waals surface area contributed by atoms with Crippen LogP contribution in [0.4, 0.5) is 0 Å². The lowest BCUT2D eigenvalue weighted by Crippen LogP contribution is -2.36. The van der Waals surface area contributed by atoms with Crippen molar-refractivity contribution in [2.75, 3.05) is 5.75 Å². The number of carboxylic acid groups (broad SMARTS) is 1. The number of phenols is 1. The Hall–Kier alpha value is -1.69. The summed E-state index contributed by atoms with van der Waals surface area (Å²) >= 11 is 1.56. The van der Waals surface area contributed by atoms with E-state index in [4.69, 9.17) is 5.11 Å². The number of nitrogens with one attached hydrogen (secondary N) is 1. The van der Waals surface area contributed by atoms with Crippen LogP contribution in [0.15, 0.2) is 24.3 Å². The smallest absolute Gasteiger partial charge is 0.326 e. The highest BCUT2D eigenvalue weighted by molar-refractivity contribution is 7.98. The first kappa shape index (κ1) is 14.4. The van der Waals surface area contributed by atoms with Gasteiger partial charge in [0.05, 0.1) is 0 Å². The highest BCUT2D eigenvalue weighted by atomic mass is 32.2. The Bertz CT molecular complexity index is 411. The van der Waals surface area contributed by atoms with Gasteiger partial charge in [-0.1, -0.05) is 12.1 Å². The number of aromatic hydroxyl groups is 1. The van der Waals surface area contributed by atoms with E-state index in [1.165, 1.54) is 0 Å². The van der Waals surface area contributed by atoms with Crippen LogP contribution in [0.2, 0.25) is 0 Å². The summed E-state index contributed by atoms with van der Waals surface area (Å²) < 4.78 is 0. The lowest BCUT2D eigenvalue weighted by atomic mass is 10.2. The average Bonchev–Trinajstić information content (AvgIpc) is 2.33. The van der Waals surface area contributed by atoms with Gasteiger partial charge in [0.2, 0.25) is 6.41 Å². The molecule has 0 spiro atoms. The van der Waals surface area contributed by atoms with Crippen molar-refractivity contribution in [2.24, 2.45) is 0 Å². The third kappa shape index (κ3) is 5.09. The van der Waals surface area contributed by atoms with E-state index in [1.807, 2.05) is 6.07 Å². The topological polar surface area (TPSA) is 86.6 Å². The molecule has 0 aliphatic carbocycles. The molecule has 0 aromatic heterocycles. The number of hydrogen-bond donors (Lipinski definition) is 3. The van der Waals surface area contributed by atoms with Crippen LogP contribution in [0.25, 0.3) is 0 Å². The molecular weight excluding hydrogens is 254 g/mol. The van der Waals surface area contributed by atoms with E-state index in [-0.39, 0.29) is 5.75 Å². The van der Waals surface area contributed by atoms with Crippen molar-refractivity contribution in [2.45, 2.75) is 18.2 Å². The summed E-state index contributed by atoms with van der Waals surface area (Å²) in [4.78, 5) is 20.9. The number of phenolic OH excluding ortho intramolecular Hbond substituents is 1. The molecule has 0 fully saturated rings. The second-order valence-electron chi connectivity index (χ2n) is 3.69. The van der Waals surface area contributed by atoms with Crippen LogP contribution in [0.5, 0.6) is 5.75 Å². The second kappa shape index (κ2) is 7.60. The molecule has 5 nitrogen and oxygen atoms in total. The first-order chi connectivity index (χ1) is 8.63. The first-order valence-electron chi connectivity index (χ1n) is 5.41. The van der Waals surface area contributed by atoms with Crippen LogP contribution in [0.3, 0.4) is 0 Å². The summed E-state index contributed by atoms with van der Waals surface area (Å²) in [7, 11) is 0. The van der Waals surface area contributed by atoms with E-state index in [9.17, 15) is 14.7 Å². The maximum Gasteiger partial charge on any atom is 0.326 e. The summed E-state index contributed by atoms with van der Waals surface area (Å²) in [6.45, 7) is 0. The second-order valence-corrected chi connectivity index (χ2v) is 4.79. The van der Waals surface area contributed by atoms with Crippen molar-refractivity contribution in [3.63, 3.8) is 0 Å². The van der Waals surface area contributed by atoms with Gasteiger partial charge in [0, 0.05) is 5.75 Å². The van der Waals surface area contributed by atoms with Crippen LogP contribution in [0.1, 0.15) is 12.0 Å². The van der Waals surface area contributed by atoms with Crippen LogP contribution in [-0.2, 0) is 15.3 Å². The minimum atomic E-state index is -1.03. The predicted octanol–water partition coefficient (Wildman–Crippen LogP) is 1.21. The quantitative estimate of drug-likeness (QED) is 0.488. The Balaban J connectivity index is 2.29. The maximum absolute atomic E-state index is 10.7. The van der Waals surface area contributed by atoms with E-state index in [0.29, 0.717) is 24.3 Å². The minimum Gasteiger partial charge on any atom is -0.508 e. The molecule has 1 unspecified atom stereocenters. The number of hydrogen-bond acceptors (Lipinski definition) is 4. The Morgan fingerprint density at radius 1 is 1.50 bits per heavy atom. The molecule has 0 aliphatic rings. The van der Waals surface area contributed by atoms with Crippen molar-refractivity contribution in [3.8, 4) is 5.75 Å². The zero-order chi connectivity index (χ0) is 13.4. The zero-order valence-electron chi connectivity index (χ0n) is 9.70. The normalized spacial score (nSPS) is 11.8. The number of carbonyl (C=O) groups is 2. The van der Waals surface area contributed by atoms with E-state index in [2.05, 4.69) is 5.32 Å². The highest BCUT2D eigenvalue weighted by Crippen LogP contribution is 2.17. The largest absolute Gasteiger partial charge is 0.508 e. The molecular formula is C12H15NO4S. The van der Waals surface area contributed by atoms with Gasteiger partial charge in [-0.2, -0.15) is 11.8 Å². The van der Waals surface area contributed by atoms with Gasteiger partial charge in [-0.25, -0.2) is 4.79 Å². The summed E-state index contributed by atoms with van der Waals surface area (Å²) in [5.74, 6) is 0.508. The zero-order valence-corrected chi connectivity index (χ0v) is 10.5. The minimum absolute atomic E-state index is 0.221. The molecule has 1 atom stereocenters. The molecule has 0 saturated heterocycles. The van der Waals surface area contributed by atoms with Crippen molar-refractivity contribution < 1.29 is 19.8 Å². The molecule has 0 saturated carbocycles. The Kier molecular flexibility index (Phi) is 6.07. The molecule has 1 amide bonds. The van der Waals surface area contributed by atoms with Gasteiger partial charge in [-0.15, -0.1) is 0 Å². The Labute approximate surface area is 109 Å². The SMILES string of the molecule is O=CNC(CCSCc1cccc(O)c1)C(=O)O. The number of rotatable bonds is 8. The lowest BCUT2D eigenvalue weighted by molar-refractivity contribution is -0.140. The van der Waals surface area contributed by atoms with Crippen molar-refractivity contribution >= 4 is 24.1 Å². The summed E-state index contributed by atoms with van der Waals surface area (Å²) in [6.07, 6.45) is 0.774. The fourth-order valence-electron chi connectivity index (χ4n) is 1.40. The third-order valence-corrected chi connectivity index (χ3v) is 3.36. The van der Waals surface area contributed by atoms with E-state index in [0.717, 1.165) is 5.56 Å². The number of carbonyl (C=O) groups excluding carboxylic acids is 1. The average molecular weight is 269 g/mol. The molecule has 3 N–H and O–H groups in total. The van der Waals surface area contributed by atoms with Crippen LogP contribution >= 0.6 is 11.8 Å². The summed E-state index contributed by atoms with van der Waals surface area (Å²) in [5, 5.41) is 20.3. The van der Waals surface area contributed by atoms with Gasteiger partial charge in [0.1, 0.15) is 11.8 Å².